The van der Waals surface area contributed by atoms with Crippen LogP contribution in [0, 0.1) is 0 Å². The molecule has 4 rings (SSSR count). The highest BCUT2D eigenvalue weighted by molar-refractivity contribution is 6.43. The summed E-state index contributed by atoms with van der Waals surface area (Å²) < 4.78 is 4.55. The molecule has 12 heteroatoms. The van der Waals surface area contributed by atoms with Crippen LogP contribution < -0.4 is 0 Å². The maximum absolute atomic E-state index is 11.3. The second-order valence-corrected chi connectivity index (χ2v) is 7.89. The van der Waals surface area contributed by atoms with Crippen molar-refractivity contribution in [2.24, 2.45) is 0 Å². The summed E-state index contributed by atoms with van der Waals surface area (Å²) in [5, 5.41) is 8.86. The Labute approximate surface area is 185 Å². The van der Waals surface area contributed by atoms with Gasteiger partial charge >= 0.3 is 11.9 Å². The summed E-state index contributed by atoms with van der Waals surface area (Å²) in [5.41, 5.74) is -0.172. The number of methoxy groups -OCH3 is 1. The number of halogens is 4. The summed E-state index contributed by atoms with van der Waals surface area (Å²) in [5.74, 6) is -0.153. The first-order chi connectivity index (χ1) is 13.7. The number of hydrogen-bond acceptors (Lipinski definition) is 7. The van der Waals surface area contributed by atoms with Gasteiger partial charge < -0.3 is 9.84 Å². The third-order valence-corrected chi connectivity index (χ3v) is 5.58. The summed E-state index contributed by atoms with van der Waals surface area (Å²) in [6, 6.07) is 0. The molecule has 0 atom stereocenters. The van der Waals surface area contributed by atoms with Crippen LogP contribution in [0.25, 0.3) is 0 Å². The SMILES string of the molecule is COC(=O)c1nc(C2CC2)nc(Cl)c1Cl.O=C(O)c1nc(C2CC2)nc(Cl)c1Cl. The van der Waals surface area contributed by atoms with E-state index in [2.05, 4.69) is 24.7 Å². The van der Waals surface area contributed by atoms with E-state index in [1.54, 1.807) is 0 Å². The summed E-state index contributed by atoms with van der Waals surface area (Å²) >= 11 is 22.9. The molecule has 2 heterocycles. The minimum absolute atomic E-state index is 0.0148. The van der Waals surface area contributed by atoms with Gasteiger partial charge in [0.2, 0.25) is 0 Å². The van der Waals surface area contributed by atoms with Crippen molar-refractivity contribution in [3.05, 3.63) is 43.4 Å². The van der Waals surface area contributed by atoms with Crippen molar-refractivity contribution < 1.29 is 19.4 Å². The molecule has 2 aromatic heterocycles. The molecule has 2 aliphatic rings. The molecule has 0 spiro atoms. The molecule has 1 N–H and O–H groups in total. The molecule has 2 aromatic rings. The Morgan fingerprint density at radius 2 is 1.24 bits per heavy atom. The van der Waals surface area contributed by atoms with Gasteiger partial charge in [0, 0.05) is 11.8 Å². The number of aromatic nitrogens is 4. The number of carboxylic acids is 1. The predicted octanol–water partition coefficient (Wildman–Crippen LogP) is 4.81. The standard InChI is InChI=1S/C9H8Cl2N2O2.C8H6Cl2N2O2/c1-15-9(14)6-5(10)7(11)13-8(12-6)4-2-3-4;9-4-5(8(13)14)11-7(3-1-2-3)12-6(4)10/h4H,2-3H2,1H3;3H,1-2H2,(H,13,14). The van der Waals surface area contributed by atoms with E-state index in [9.17, 15) is 9.59 Å². The van der Waals surface area contributed by atoms with Gasteiger partial charge in [-0.25, -0.2) is 29.5 Å². The highest BCUT2D eigenvalue weighted by Gasteiger charge is 2.30. The average molecular weight is 480 g/mol. The van der Waals surface area contributed by atoms with Crippen molar-refractivity contribution in [2.45, 2.75) is 37.5 Å². The molecule has 0 bridgehead atoms. The molecule has 2 fully saturated rings. The molecule has 0 unspecified atom stereocenters. The number of nitrogens with zero attached hydrogens (tertiary/aromatic N) is 4. The minimum atomic E-state index is -1.18. The predicted molar refractivity (Wildman–Crippen MR) is 106 cm³/mol. The first kappa shape index (κ1) is 22.0. The van der Waals surface area contributed by atoms with Crippen molar-refractivity contribution in [1.82, 2.24) is 19.9 Å². The van der Waals surface area contributed by atoms with Crippen molar-refractivity contribution >= 4 is 58.3 Å². The van der Waals surface area contributed by atoms with Gasteiger partial charge in [-0.1, -0.05) is 46.4 Å². The van der Waals surface area contributed by atoms with E-state index in [-0.39, 0.29) is 37.7 Å². The molecule has 2 saturated carbocycles. The number of ether oxygens (including phenoxy) is 1. The highest BCUT2D eigenvalue weighted by atomic mass is 35.5. The minimum Gasteiger partial charge on any atom is -0.476 e. The van der Waals surface area contributed by atoms with Crippen LogP contribution in [0.3, 0.4) is 0 Å². The van der Waals surface area contributed by atoms with E-state index in [1.807, 2.05) is 0 Å². The largest absolute Gasteiger partial charge is 0.476 e. The Bertz CT molecular complexity index is 980. The third kappa shape index (κ3) is 5.25. The van der Waals surface area contributed by atoms with Crippen molar-refractivity contribution in [3.8, 4) is 0 Å². The van der Waals surface area contributed by atoms with Gasteiger partial charge in [-0.2, -0.15) is 0 Å². The Kier molecular flexibility index (Phi) is 6.78. The lowest BCUT2D eigenvalue weighted by Gasteiger charge is -2.05. The summed E-state index contributed by atoms with van der Waals surface area (Å²) in [6.07, 6.45) is 4.02. The molecular weight excluding hydrogens is 466 g/mol. The quantitative estimate of drug-likeness (QED) is 0.490. The van der Waals surface area contributed by atoms with Crippen LogP contribution in [0.5, 0.6) is 0 Å². The van der Waals surface area contributed by atoms with Crippen molar-refractivity contribution in [2.75, 3.05) is 7.11 Å². The maximum atomic E-state index is 11.3. The van der Waals surface area contributed by atoms with E-state index in [0.29, 0.717) is 17.6 Å². The fraction of sp³-hybridized carbons (Fsp3) is 0.412. The van der Waals surface area contributed by atoms with Crippen molar-refractivity contribution in [3.63, 3.8) is 0 Å². The Balaban J connectivity index is 0.000000166. The molecular formula is C17H14Cl4N4O4. The van der Waals surface area contributed by atoms with Crippen LogP contribution in [0.2, 0.25) is 20.4 Å². The zero-order valence-electron chi connectivity index (χ0n) is 15.0. The second-order valence-electron chi connectivity index (χ2n) is 6.42. The van der Waals surface area contributed by atoms with E-state index in [0.717, 1.165) is 25.7 Å². The lowest BCUT2D eigenvalue weighted by atomic mass is 10.3. The molecule has 2 aliphatic carbocycles. The number of aromatic carboxylic acids is 1. The van der Waals surface area contributed by atoms with E-state index in [4.69, 9.17) is 51.5 Å². The Hall–Kier alpha value is -1.74. The zero-order chi connectivity index (χ0) is 21.3. The molecule has 0 amide bonds. The van der Waals surface area contributed by atoms with E-state index >= 15 is 0 Å². The van der Waals surface area contributed by atoms with Crippen LogP contribution in [-0.4, -0.2) is 44.1 Å². The molecule has 0 saturated heterocycles. The molecule has 0 radical (unpaired) electrons. The number of hydrogen-bond donors (Lipinski definition) is 1. The number of esters is 1. The highest BCUT2D eigenvalue weighted by Crippen LogP contribution is 2.40. The normalized spacial score (nSPS) is 15.3. The number of rotatable bonds is 4. The molecule has 8 nitrogen and oxygen atoms in total. The molecule has 29 heavy (non-hydrogen) atoms. The third-order valence-electron chi connectivity index (χ3n) is 4.12. The monoisotopic (exact) mass is 478 g/mol. The number of carbonyl (C=O) groups excluding carboxylic acids is 1. The fourth-order valence-corrected chi connectivity index (χ4v) is 2.97. The first-order valence-electron chi connectivity index (χ1n) is 8.50. The van der Waals surface area contributed by atoms with Gasteiger partial charge in [0.1, 0.15) is 21.7 Å². The first-order valence-corrected chi connectivity index (χ1v) is 10.0. The summed E-state index contributed by atoms with van der Waals surface area (Å²) in [4.78, 5) is 38.0. The zero-order valence-corrected chi connectivity index (χ0v) is 18.0. The molecule has 0 aromatic carbocycles. The number of carboxylic acid groups (broad SMARTS) is 1. The van der Waals surface area contributed by atoms with Crippen LogP contribution in [-0.2, 0) is 4.74 Å². The van der Waals surface area contributed by atoms with Crippen LogP contribution >= 0.6 is 46.4 Å². The molecule has 154 valence electrons. The smallest absolute Gasteiger partial charge is 0.358 e. The lowest BCUT2D eigenvalue weighted by molar-refractivity contribution is 0.0592. The Morgan fingerprint density at radius 3 is 1.62 bits per heavy atom. The second kappa shape index (κ2) is 8.95. The fourth-order valence-electron chi connectivity index (χ4n) is 2.29. The average Bonchev–Trinajstić information content (AvgIpc) is 3.57. The van der Waals surface area contributed by atoms with Gasteiger partial charge in [-0.3, -0.25) is 0 Å². The molecule has 0 aliphatic heterocycles. The number of carbonyl (C=O) groups is 2. The van der Waals surface area contributed by atoms with E-state index < -0.39 is 11.9 Å². The van der Waals surface area contributed by atoms with Gasteiger partial charge in [-0.05, 0) is 25.7 Å². The van der Waals surface area contributed by atoms with Crippen LogP contribution in [0.4, 0.5) is 0 Å². The van der Waals surface area contributed by atoms with Gasteiger partial charge in [-0.15, -0.1) is 0 Å². The summed E-state index contributed by atoms with van der Waals surface area (Å²) in [6.45, 7) is 0. The Morgan fingerprint density at radius 1 is 0.828 bits per heavy atom. The van der Waals surface area contributed by atoms with Crippen LogP contribution in [0.1, 0.15) is 70.1 Å². The topological polar surface area (TPSA) is 115 Å². The van der Waals surface area contributed by atoms with Gasteiger partial charge in [0.25, 0.3) is 0 Å². The summed E-state index contributed by atoms with van der Waals surface area (Å²) in [7, 11) is 1.27. The van der Waals surface area contributed by atoms with Crippen LogP contribution in [0.15, 0.2) is 0 Å². The maximum Gasteiger partial charge on any atom is 0.358 e. The van der Waals surface area contributed by atoms with Crippen molar-refractivity contribution in [1.29, 1.82) is 0 Å². The van der Waals surface area contributed by atoms with E-state index in [1.165, 1.54) is 7.11 Å². The lowest BCUT2D eigenvalue weighted by Crippen LogP contribution is -2.09. The van der Waals surface area contributed by atoms with Gasteiger partial charge in [0.15, 0.2) is 21.7 Å². The van der Waals surface area contributed by atoms with Gasteiger partial charge in [0.05, 0.1) is 7.11 Å².